The van der Waals surface area contributed by atoms with Crippen molar-refractivity contribution in [1.29, 1.82) is 0 Å². The number of amides is 1. The maximum Gasteiger partial charge on any atom is 0.222 e. The molecule has 0 spiro atoms. The fraction of sp³-hybridized carbons (Fsp3) is 0.562. The fourth-order valence-corrected chi connectivity index (χ4v) is 3.40. The number of benzene rings is 1. The average Bonchev–Trinajstić information content (AvgIpc) is 2.58. The van der Waals surface area contributed by atoms with Gasteiger partial charge in [0, 0.05) is 35.2 Å². The molecule has 1 aromatic rings. The number of nitrogens with zero attached hydrogens (tertiary/aromatic N) is 1. The van der Waals surface area contributed by atoms with Crippen molar-refractivity contribution in [3.63, 3.8) is 0 Å². The van der Waals surface area contributed by atoms with E-state index in [0.717, 1.165) is 35.1 Å². The van der Waals surface area contributed by atoms with Crippen LogP contribution in [0.5, 0.6) is 0 Å². The number of hydrogen-bond donors (Lipinski definition) is 1. The van der Waals surface area contributed by atoms with Crippen LogP contribution in [0.3, 0.4) is 0 Å². The molecule has 0 radical (unpaired) electrons. The van der Waals surface area contributed by atoms with Crippen LogP contribution in [-0.4, -0.2) is 17.4 Å². The molecular formula is C16H23BrN2O. The number of rotatable bonds is 4. The molecule has 1 fully saturated rings. The highest BCUT2D eigenvalue weighted by Crippen LogP contribution is 2.27. The van der Waals surface area contributed by atoms with Gasteiger partial charge in [0.1, 0.15) is 0 Å². The molecule has 0 aliphatic carbocycles. The van der Waals surface area contributed by atoms with Gasteiger partial charge in [-0.1, -0.05) is 41.8 Å². The van der Waals surface area contributed by atoms with Crippen LogP contribution >= 0.6 is 15.9 Å². The SMILES string of the molecule is CCCC1CCC(=O)N(Cc2c(N)cccc2Br)CC1. The van der Waals surface area contributed by atoms with Crippen LogP contribution in [0.25, 0.3) is 0 Å². The Balaban J connectivity index is 2.07. The third-order valence-corrected chi connectivity index (χ3v) is 4.87. The third kappa shape index (κ3) is 3.75. The Bertz CT molecular complexity index is 455. The van der Waals surface area contributed by atoms with E-state index in [1.54, 1.807) is 0 Å². The van der Waals surface area contributed by atoms with Crippen LogP contribution in [0.2, 0.25) is 0 Å². The lowest BCUT2D eigenvalue weighted by atomic mass is 9.96. The van der Waals surface area contributed by atoms with E-state index in [2.05, 4.69) is 22.9 Å². The largest absolute Gasteiger partial charge is 0.398 e. The molecule has 2 rings (SSSR count). The van der Waals surface area contributed by atoms with E-state index >= 15 is 0 Å². The minimum absolute atomic E-state index is 0.263. The highest BCUT2D eigenvalue weighted by Gasteiger charge is 2.23. The normalized spacial score (nSPS) is 20.0. The molecule has 1 amide bonds. The molecule has 1 aliphatic rings. The molecule has 20 heavy (non-hydrogen) atoms. The van der Waals surface area contributed by atoms with Gasteiger partial charge in [-0.05, 0) is 30.9 Å². The Labute approximate surface area is 129 Å². The van der Waals surface area contributed by atoms with Crippen LogP contribution in [0, 0.1) is 5.92 Å². The summed E-state index contributed by atoms with van der Waals surface area (Å²) in [5.74, 6) is 0.962. The molecular weight excluding hydrogens is 316 g/mol. The smallest absolute Gasteiger partial charge is 0.222 e. The van der Waals surface area contributed by atoms with E-state index in [4.69, 9.17) is 5.73 Å². The summed E-state index contributed by atoms with van der Waals surface area (Å²) in [6.45, 7) is 3.68. The van der Waals surface area contributed by atoms with Crippen molar-refractivity contribution in [3.8, 4) is 0 Å². The molecule has 1 aromatic carbocycles. The molecule has 3 nitrogen and oxygen atoms in total. The van der Waals surface area contributed by atoms with E-state index < -0.39 is 0 Å². The summed E-state index contributed by atoms with van der Waals surface area (Å²) in [6, 6.07) is 5.79. The first-order valence-corrected chi connectivity index (χ1v) is 8.21. The van der Waals surface area contributed by atoms with Crippen LogP contribution < -0.4 is 5.73 Å². The molecule has 1 aliphatic heterocycles. The fourth-order valence-electron chi connectivity index (χ4n) is 2.89. The van der Waals surface area contributed by atoms with E-state index in [0.29, 0.717) is 18.9 Å². The quantitative estimate of drug-likeness (QED) is 0.844. The number of halogens is 1. The van der Waals surface area contributed by atoms with Crippen molar-refractivity contribution >= 4 is 27.5 Å². The lowest BCUT2D eigenvalue weighted by Gasteiger charge is -2.22. The highest BCUT2D eigenvalue weighted by molar-refractivity contribution is 9.10. The second-order valence-electron chi connectivity index (χ2n) is 5.60. The third-order valence-electron chi connectivity index (χ3n) is 4.13. The Hall–Kier alpha value is -1.03. The Morgan fingerprint density at radius 2 is 2.20 bits per heavy atom. The molecule has 110 valence electrons. The highest BCUT2D eigenvalue weighted by atomic mass is 79.9. The monoisotopic (exact) mass is 338 g/mol. The maximum absolute atomic E-state index is 12.3. The van der Waals surface area contributed by atoms with Crippen molar-refractivity contribution in [2.75, 3.05) is 12.3 Å². The molecule has 0 aromatic heterocycles. The molecule has 1 heterocycles. The van der Waals surface area contributed by atoms with Gasteiger partial charge >= 0.3 is 0 Å². The Kier molecular flexibility index (Phi) is 5.46. The minimum atomic E-state index is 0.263. The molecule has 2 N–H and O–H groups in total. The molecule has 4 heteroatoms. The zero-order valence-electron chi connectivity index (χ0n) is 12.1. The zero-order chi connectivity index (χ0) is 14.5. The summed E-state index contributed by atoms with van der Waals surface area (Å²) < 4.78 is 0.986. The standard InChI is InChI=1S/C16H23BrN2O/c1-2-4-12-7-8-16(20)19(10-9-12)11-13-14(17)5-3-6-15(13)18/h3,5-6,12H,2,4,7-11,18H2,1H3. The predicted molar refractivity (Wildman–Crippen MR) is 86.2 cm³/mol. The number of nitrogens with two attached hydrogens (primary N) is 1. The van der Waals surface area contributed by atoms with E-state index in [1.165, 1.54) is 12.8 Å². The van der Waals surface area contributed by atoms with Gasteiger partial charge in [-0.2, -0.15) is 0 Å². The Morgan fingerprint density at radius 1 is 1.40 bits per heavy atom. The summed E-state index contributed by atoms with van der Waals surface area (Å²) in [7, 11) is 0. The van der Waals surface area contributed by atoms with Crippen LogP contribution in [0.1, 0.15) is 44.6 Å². The number of nitrogen functional groups attached to an aromatic ring is 1. The topological polar surface area (TPSA) is 46.3 Å². The molecule has 0 bridgehead atoms. The first-order chi connectivity index (χ1) is 9.61. The van der Waals surface area contributed by atoms with Crippen LogP contribution in [0.4, 0.5) is 5.69 Å². The minimum Gasteiger partial charge on any atom is -0.398 e. The van der Waals surface area contributed by atoms with Crippen molar-refractivity contribution < 1.29 is 4.79 Å². The van der Waals surface area contributed by atoms with Gasteiger partial charge in [0.25, 0.3) is 0 Å². The van der Waals surface area contributed by atoms with Gasteiger partial charge in [0.2, 0.25) is 5.91 Å². The zero-order valence-corrected chi connectivity index (χ0v) is 13.7. The van der Waals surface area contributed by atoms with Gasteiger partial charge in [-0.15, -0.1) is 0 Å². The first kappa shape index (κ1) is 15.4. The van der Waals surface area contributed by atoms with Gasteiger partial charge in [-0.3, -0.25) is 4.79 Å². The van der Waals surface area contributed by atoms with E-state index in [-0.39, 0.29) is 5.91 Å². The second kappa shape index (κ2) is 7.11. The number of likely N-dealkylation sites (tertiary alicyclic amines) is 1. The van der Waals surface area contributed by atoms with Crippen molar-refractivity contribution in [2.45, 2.75) is 45.6 Å². The van der Waals surface area contributed by atoms with E-state index in [9.17, 15) is 4.79 Å². The summed E-state index contributed by atoms with van der Waals surface area (Å²) in [5.41, 5.74) is 7.80. The maximum atomic E-state index is 12.3. The van der Waals surface area contributed by atoms with Crippen molar-refractivity contribution in [3.05, 3.63) is 28.2 Å². The Morgan fingerprint density at radius 3 is 2.90 bits per heavy atom. The number of anilines is 1. The first-order valence-electron chi connectivity index (χ1n) is 7.42. The lowest BCUT2D eigenvalue weighted by molar-refractivity contribution is -0.131. The summed E-state index contributed by atoms with van der Waals surface area (Å²) in [5, 5.41) is 0. The van der Waals surface area contributed by atoms with Crippen LogP contribution in [-0.2, 0) is 11.3 Å². The molecule has 1 unspecified atom stereocenters. The summed E-state index contributed by atoms with van der Waals surface area (Å²) >= 11 is 3.53. The molecule has 1 saturated heterocycles. The predicted octanol–water partition coefficient (Wildman–Crippen LogP) is 3.96. The van der Waals surface area contributed by atoms with Crippen LogP contribution in [0.15, 0.2) is 22.7 Å². The lowest BCUT2D eigenvalue weighted by Crippen LogP contribution is -2.30. The summed E-state index contributed by atoms with van der Waals surface area (Å²) in [4.78, 5) is 14.2. The number of carbonyl (C=O) groups excluding carboxylic acids is 1. The number of hydrogen-bond acceptors (Lipinski definition) is 2. The van der Waals surface area contributed by atoms with Gasteiger partial charge in [0.15, 0.2) is 0 Å². The van der Waals surface area contributed by atoms with Gasteiger partial charge in [-0.25, -0.2) is 0 Å². The summed E-state index contributed by atoms with van der Waals surface area (Å²) in [6.07, 6.45) is 5.27. The molecule has 0 saturated carbocycles. The van der Waals surface area contributed by atoms with Gasteiger partial charge < -0.3 is 10.6 Å². The number of carbonyl (C=O) groups is 1. The second-order valence-corrected chi connectivity index (χ2v) is 6.46. The molecule has 1 atom stereocenters. The average molecular weight is 339 g/mol. The van der Waals surface area contributed by atoms with Gasteiger partial charge in [0.05, 0.1) is 0 Å². The van der Waals surface area contributed by atoms with Crippen molar-refractivity contribution in [2.24, 2.45) is 5.92 Å². The van der Waals surface area contributed by atoms with E-state index in [1.807, 2.05) is 23.1 Å². The van der Waals surface area contributed by atoms with Crippen molar-refractivity contribution in [1.82, 2.24) is 4.90 Å².